The number of nitrogens with one attached hydrogen (secondary N) is 1. The van der Waals surface area contributed by atoms with E-state index in [2.05, 4.69) is 31.0 Å². The van der Waals surface area contributed by atoms with Gasteiger partial charge in [0.25, 0.3) is 0 Å². The summed E-state index contributed by atoms with van der Waals surface area (Å²) in [5.74, 6) is -0.114. The number of nitrogens with zero attached hydrogens (tertiary/aromatic N) is 1. The fourth-order valence-electron chi connectivity index (χ4n) is 2.29. The Morgan fingerprint density at radius 3 is 2.25 bits per heavy atom. The molecule has 4 heteroatoms. The monoisotopic (exact) mass is 277 g/mol. The van der Waals surface area contributed by atoms with Crippen molar-refractivity contribution in [1.82, 2.24) is 0 Å². The SMILES string of the molecule is CCC(CN)C(=O)Nc1ccc(N(CC)C(C)C)cc1. The van der Waals surface area contributed by atoms with Crippen molar-refractivity contribution in [3.8, 4) is 0 Å². The van der Waals surface area contributed by atoms with Gasteiger partial charge < -0.3 is 16.0 Å². The Labute approximate surface area is 122 Å². The van der Waals surface area contributed by atoms with Gasteiger partial charge in [-0.2, -0.15) is 0 Å². The van der Waals surface area contributed by atoms with E-state index < -0.39 is 0 Å². The summed E-state index contributed by atoms with van der Waals surface area (Å²) in [6.45, 7) is 9.81. The standard InChI is InChI=1S/C16H27N3O/c1-5-13(11-17)16(20)18-14-7-9-15(10-8-14)19(6-2)12(3)4/h7-10,12-13H,5-6,11,17H2,1-4H3,(H,18,20). The number of benzene rings is 1. The van der Waals surface area contributed by atoms with E-state index in [-0.39, 0.29) is 11.8 Å². The molecule has 1 aromatic rings. The van der Waals surface area contributed by atoms with Crippen LogP contribution in [0.4, 0.5) is 11.4 Å². The molecule has 0 radical (unpaired) electrons. The predicted octanol–water partition coefficient (Wildman–Crippen LogP) is 2.84. The molecule has 0 bridgehead atoms. The maximum Gasteiger partial charge on any atom is 0.228 e. The smallest absolute Gasteiger partial charge is 0.228 e. The van der Waals surface area contributed by atoms with Crippen LogP contribution in [-0.2, 0) is 4.79 Å². The molecule has 3 N–H and O–H groups in total. The minimum Gasteiger partial charge on any atom is -0.369 e. The van der Waals surface area contributed by atoms with E-state index in [1.807, 2.05) is 31.2 Å². The Morgan fingerprint density at radius 2 is 1.85 bits per heavy atom. The molecule has 0 aliphatic heterocycles. The van der Waals surface area contributed by atoms with Gasteiger partial charge in [-0.3, -0.25) is 4.79 Å². The van der Waals surface area contributed by atoms with Gasteiger partial charge in [-0.05, 0) is 51.5 Å². The number of carbonyl (C=O) groups excluding carboxylic acids is 1. The van der Waals surface area contributed by atoms with Gasteiger partial charge in [-0.15, -0.1) is 0 Å². The van der Waals surface area contributed by atoms with E-state index in [9.17, 15) is 4.79 Å². The van der Waals surface area contributed by atoms with Crippen LogP contribution in [0.1, 0.15) is 34.1 Å². The van der Waals surface area contributed by atoms with Gasteiger partial charge in [0.15, 0.2) is 0 Å². The maximum absolute atomic E-state index is 12.0. The van der Waals surface area contributed by atoms with E-state index in [1.165, 1.54) is 5.69 Å². The van der Waals surface area contributed by atoms with E-state index in [1.54, 1.807) is 0 Å². The van der Waals surface area contributed by atoms with Crippen molar-refractivity contribution < 1.29 is 4.79 Å². The highest BCUT2D eigenvalue weighted by Gasteiger charge is 2.14. The van der Waals surface area contributed by atoms with Gasteiger partial charge >= 0.3 is 0 Å². The highest BCUT2D eigenvalue weighted by atomic mass is 16.1. The quantitative estimate of drug-likeness (QED) is 0.805. The molecule has 0 spiro atoms. The lowest BCUT2D eigenvalue weighted by atomic mass is 10.1. The van der Waals surface area contributed by atoms with Crippen molar-refractivity contribution in [2.75, 3.05) is 23.3 Å². The van der Waals surface area contributed by atoms with Crippen molar-refractivity contribution >= 4 is 17.3 Å². The minimum atomic E-state index is -0.113. The first-order valence-electron chi connectivity index (χ1n) is 7.41. The normalized spacial score (nSPS) is 12.3. The average Bonchev–Trinajstić information content (AvgIpc) is 2.42. The van der Waals surface area contributed by atoms with Crippen LogP contribution in [0.2, 0.25) is 0 Å². The summed E-state index contributed by atoms with van der Waals surface area (Å²) in [7, 11) is 0. The molecule has 4 nitrogen and oxygen atoms in total. The highest BCUT2D eigenvalue weighted by molar-refractivity contribution is 5.92. The average molecular weight is 277 g/mol. The topological polar surface area (TPSA) is 58.4 Å². The Kier molecular flexibility index (Phi) is 6.52. The summed E-state index contributed by atoms with van der Waals surface area (Å²) in [6.07, 6.45) is 0.761. The van der Waals surface area contributed by atoms with Gasteiger partial charge in [0.1, 0.15) is 0 Å². The van der Waals surface area contributed by atoms with E-state index in [0.717, 1.165) is 18.7 Å². The van der Waals surface area contributed by atoms with Gasteiger partial charge in [0.2, 0.25) is 5.91 Å². The third-order valence-corrected chi connectivity index (χ3v) is 3.58. The summed E-state index contributed by atoms with van der Waals surface area (Å²) >= 11 is 0. The van der Waals surface area contributed by atoms with Crippen LogP contribution in [0.15, 0.2) is 24.3 Å². The van der Waals surface area contributed by atoms with Crippen molar-refractivity contribution in [2.45, 2.75) is 40.2 Å². The second kappa shape index (κ2) is 7.90. The van der Waals surface area contributed by atoms with Gasteiger partial charge in [0, 0.05) is 30.5 Å². The molecule has 0 aliphatic carbocycles. The zero-order chi connectivity index (χ0) is 15.1. The zero-order valence-electron chi connectivity index (χ0n) is 13.0. The maximum atomic E-state index is 12.0. The lowest BCUT2D eigenvalue weighted by Gasteiger charge is -2.27. The van der Waals surface area contributed by atoms with Crippen LogP contribution in [-0.4, -0.2) is 25.0 Å². The van der Waals surface area contributed by atoms with Crippen molar-refractivity contribution in [3.05, 3.63) is 24.3 Å². The molecule has 0 aromatic heterocycles. The summed E-state index contributed by atoms with van der Waals surface area (Å²) in [5, 5.41) is 2.92. The highest BCUT2D eigenvalue weighted by Crippen LogP contribution is 2.20. The molecule has 1 rings (SSSR count). The molecule has 0 heterocycles. The Balaban J connectivity index is 2.74. The van der Waals surface area contributed by atoms with Crippen LogP contribution in [0, 0.1) is 5.92 Å². The summed E-state index contributed by atoms with van der Waals surface area (Å²) in [6, 6.07) is 8.44. The van der Waals surface area contributed by atoms with E-state index >= 15 is 0 Å². The third kappa shape index (κ3) is 4.23. The van der Waals surface area contributed by atoms with E-state index in [4.69, 9.17) is 5.73 Å². The number of hydrogen-bond donors (Lipinski definition) is 2. The molecule has 0 aliphatic rings. The Bertz CT molecular complexity index is 410. The summed E-state index contributed by atoms with van der Waals surface area (Å²) < 4.78 is 0. The molecule has 0 saturated heterocycles. The number of anilines is 2. The lowest BCUT2D eigenvalue weighted by Crippen LogP contribution is -2.30. The first kappa shape index (κ1) is 16.5. The molecule has 112 valence electrons. The fourth-order valence-corrected chi connectivity index (χ4v) is 2.29. The van der Waals surface area contributed by atoms with Crippen LogP contribution in [0.25, 0.3) is 0 Å². The number of amides is 1. The largest absolute Gasteiger partial charge is 0.369 e. The molecule has 0 fully saturated rings. The molecule has 1 atom stereocenters. The second-order valence-electron chi connectivity index (χ2n) is 5.26. The Morgan fingerprint density at radius 1 is 1.25 bits per heavy atom. The third-order valence-electron chi connectivity index (χ3n) is 3.58. The fraction of sp³-hybridized carbons (Fsp3) is 0.562. The first-order valence-corrected chi connectivity index (χ1v) is 7.41. The van der Waals surface area contributed by atoms with Crippen LogP contribution < -0.4 is 16.0 Å². The number of hydrogen-bond acceptors (Lipinski definition) is 3. The molecule has 1 amide bonds. The van der Waals surface area contributed by atoms with Crippen LogP contribution in [0.3, 0.4) is 0 Å². The lowest BCUT2D eigenvalue weighted by molar-refractivity contribution is -0.119. The van der Waals surface area contributed by atoms with E-state index in [0.29, 0.717) is 12.6 Å². The van der Waals surface area contributed by atoms with Crippen molar-refractivity contribution in [1.29, 1.82) is 0 Å². The number of carbonyl (C=O) groups is 1. The number of nitrogens with two attached hydrogens (primary N) is 1. The summed E-state index contributed by atoms with van der Waals surface area (Å²) in [4.78, 5) is 14.3. The van der Waals surface area contributed by atoms with Gasteiger partial charge in [-0.1, -0.05) is 6.92 Å². The molecular formula is C16H27N3O. The van der Waals surface area contributed by atoms with Crippen LogP contribution in [0.5, 0.6) is 0 Å². The molecule has 1 aromatic carbocycles. The van der Waals surface area contributed by atoms with Crippen molar-refractivity contribution in [3.63, 3.8) is 0 Å². The van der Waals surface area contributed by atoms with Gasteiger partial charge in [-0.25, -0.2) is 0 Å². The minimum absolute atomic E-state index is 0.000966. The van der Waals surface area contributed by atoms with Gasteiger partial charge in [0.05, 0.1) is 5.92 Å². The second-order valence-corrected chi connectivity index (χ2v) is 5.26. The molecule has 1 unspecified atom stereocenters. The van der Waals surface area contributed by atoms with Crippen LogP contribution >= 0.6 is 0 Å². The molecule has 0 saturated carbocycles. The predicted molar refractivity (Wildman–Crippen MR) is 86.1 cm³/mol. The molecule has 20 heavy (non-hydrogen) atoms. The molecular weight excluding hydrogens is 250 g/mol. The Hall–Kier alpha value is -1.55. The van der Waals surface area contributed by atoms with Crippen molar-refractivity contribution in [2.24, 2.45) is 11.7 Å². The first-order chi connectivity index (χ1) is 9.53. The zero-order valence-corrected chi connectivity index (χ0v) is 13.0. The summed E-state index contributed by atoms with van der Waals surface area (Å²) in [5.41, 5.74) is 7.58. The number of rotatable bonds is 7.